The molecule has 2 atom stereocenters. The molecule has 196 valence electrons. The summed E-state index contributed by atoms with van der Waals surface area (Å²) in [6, 6.07) is 16.7. The quantitative estimate of drug-likeness (QED) is 0.447. The lowest BCUT2D eigenvalue weighted by Crippen LogP contribution is -2.51. The van der Waals surface area contributed by atoms with Crippen LogP contribution in [-0.4, -0.2) is 46.8 Å². The highest BCUT2D eigenvalue weighted by Crippen LogP contribution is 2.50. The van der Waals surface area contributed by atoms with Gasteiger partial charge in [-0.1, -0.05) is 36.9 Å². The van der Waals surface area contributed by atoms with Crippen LogP contribution in [0.2, 0.25) is 0 Å². The highest BCUT2D eigenvalue weighted by atomic mass is 32.2. The van der Waals surface area contributed by atoms with Crippen molar-refractivity contribution in [2.24, 2.45) is 5.92 Å². The molecule has 2 unspecified atom stereocenters. The lowest BCUT2D eigenvalue weighted by atomic mass is 9.95. The first-order valence-electron chi connectivity index (χ1n) is 13.1. The summed E-state index contributed by atoms with van der Waals surface area (Å²) < 4.78 is 5.98. The van der Waals surface area contributed by atoms with Crippen molar-refractivity contribution >= 4 is 35.1 Å². The highest BCUT2D eigenvalue weighted by Gasteiger charge is 2.45. The highest BCUT2D eigenvalue weighted by molar-refractivity contribution is 8.00. The summed E-state index contributed by atoms with van der Waals surface area (Å²) in [6.45, 7) is 7.03. The van der Waals surface area contributed by atoms with Crippen molar-refractivity contribution in [3.8, 4) is 11.5 Å². The number of aromatic nitrogens is 1. The minimum atomic E-state index is -0.330. The zero-order valence-electron chi connectivity index (χ0n) is 21.5. The average molecular weight is 530 g/mol. The van der Waals surface area contributed by atoms with Crippen molar-refractivity contribution < 1.29 is 14.3 Å². The molecule has 1 fully saturated rings. The maximum atomic E-state index is 13.5. The van der Waals surface area contributed by atoms with Crippen LogP contribution in [0.1, 0.15) is 36.9 Å². The molecule has 0 bridgehead atoms. The van der Waals surface area contributed by atoms with E-state index in [0.29, 0.717) is 5.75 Å². The Morgan fingerprint density at radius 3 is 2.63 bits per heavy atom. The molecule has 0 spiro atoms. The molecule has 8 nitrogen and oxygen atoms in total. The summed E-state index contributed by atoms with van der Waals surface area (Å²) in [4.78, 5) is 35.3. The number of para-hydroxylation sites is 1. The van der Waals surface area contributed by atoms with E-state index in [1.165, 1.54) is 11.8 Å². The molecule has 1 saturated heterocycles. The number of thioether (sulfide) groups is 1. The molecule has 2 aromatic carbocycles. The Labute approximate surface area is 226 Å². The minimum absolute atomic E-state index is 0.00426. The Balaban J connectivity index is 1.22. The first-order valence-corrected chi connectivity index (χ1v) is 14.0. The molecular weight excluding hydrogens is 498 g/mol. The van der Waals surface area contributed by atoms with E-state index < -0.39 is 0 Å². The largest absolute Gasteiger partial charge is 0.457 e. The first-order chi connectivity index (χ1) is 18.5. The number of aryl methyl sites for hydroxylation is 1. The van der Waals surface area contributed by atoms with E-state index in [-0.39, 0.29) is 29.3 Å². The van der Waals surface area contributed by atoms with Crippen LogP contribution in [-0.2, 0) is 4.79 Å². The van der Waals surface area contributed by atoms with Gasteiger partial charge in [-0.05, 0) is 81.4 Å². The van der Waals surface area contributed by atoms with Crippen molar-refractivity contribution in [3.05, 3.63) is 71.9 Å². The SMILES string of the molecule is CCN1CCC(C(=O)NC2Sc3nccc4c3C2NC(=O)N4c2ccc(Oc3ccccc3)cc2C)CC1. The third-order valence-corrected chi connectivity index (χ3v) is 8.78. The summed E-state index contributed by atoms with van der Waals surface area (Å²) >= 11 is 1.51. The second-order valence-corrected chi connectivity index (χ2v) is 11.1. The van der Waals surface area contributed by atoms with Crippen molar-refractivity contribution in [1.82, 2.24) is 20.5 Å². The van der Waals surface area contributed by atoms with Crippen LogP contribution in [0.15, 0.2) is 65.8 Å². The van der Waals surface area contributed by atoms with Gasteiger partial charge in [0.1, 0.15) is 21.9 Å². The monoisotopic (exact) mass is 529 g/mol. The molecule has 3 amide bonds. The predicted octanol–water partition coefficient (Wildman–Crippen LogP) is 5.36. The molecule has 9 heteroatoms. The summed E-state index contributed by atoms with van der Waals surface area (Å²) in [5.74, 6) is 1.53. The maximum absolute atomic E-state index is 13.5. The average Bonchev–Trinajstić information content (AvgIpc) is 3.28. The Morgan fingerprint density at radius 1 is 1.11 bits per heavy atom. The van der Waals surface area contributed by atoms with Gasteiger partial charge in [-0.2, -0.15) is 0 Å². The van der Waals surface area contributed by atoms with Gasteiger partial charge in [-0.25, -0.2) is 9.78 Å². The van der Waals surface area contributed by atoms with Gasteiger partial charge in [-0.15, -0.1) is 0 Å². The first kappa shape index (κ1) is 24.8. The van der Waals surface area contributed by atoms with Crippen LogP contribution < -0.4 is 20.3 Å². The fourth-order valence-corrected chi connectivity index (χ4v) is 6.74. The van der Waals surface area contributed by atoms with E-state index in [2.05, 4.69) is 27.4 Å². The van der Waals surface area contributed by atoms with Gasteiger partial charge in [-0.3, -0.25) is 9.69 Å². The van der Waals surface area contributed by atoms with Gasteiger partial charge in [0.25, 0.3) is 0 Å². The fourth-order valence-electron chi connectivity index (χ4n) is 5.51. The zero-order valence-corrected chi connectivity index (χ0v) is 22.3. The van der Waals surface area contributed by atoms with Crippen LogP contribution in [0.4, 0.5) is 16.2 Å². The zero-order chi connectivity index (χ0) is 26.2. The molecule has 0 saturated carbocycles. The molecule has 0 radical (unpaired) electrons. The van der Waals surface area contributed by atoms with Crippen LogP contribution in [0.5, 0.6) is 11.5 Å². The normalized spacial score (nSPS) is 21.1. The van der Waals surface area contributed by atoms with Crippen LogP contribution in [0.3, 0.4) is 0 Å². The minimum Gasteiger partial charge on any atom is -0.457 e. The lowest BCUT2D eigenvalue weighted by molar-refractivity contribution is -0.126. The van der Waals surface area contributed by atoms with E-state index in [1.807, 2.05) is 61.5 Å². The van der Waals surface area contributed by atoms with Gasteiger partial charge in [0.2, 0.25) is 5.91 Å². The van der Waals surface area contributed by atoms with Crippen molar-refractivity contribution in [2.75, 3.05) is 24.5 Å². The molecule has 6 rings (SSSR count). The van der Waals surface area contributed by atoms with Crippen molar-refractivity contribution in [2.45, 2.75) is 43.1 Å². The molecule has 3 aromatic rings. The Bertz CT molecular complexity index is 1360. The molecule has 0 aliphatic carbocycles. The van der Waals surface area contributed by atoms with Gasteiger partial charge in [0.05, 0.1) is 17.4 Å². The van der Waals surface area contributed by atoms with Crippen LogP contribution >= 0.6 is 11.8 Å². The molecule has 1 aromatic heterocycles. The molecule has 4 heterocycles. The number of nitrogens with zero attached hydrogens (tertiary/aromatic N) is 3. The topological polar surface area (TPSA) is 86.8 Å². The smallest absolute Gasteiger partial charge is 0.327 e. The number of hydrogen-bond donors (Lipinski definition) is 2. The summed E-state index contributed by atoms with van der Waals surface area (Å²) in [5.41, 5.74) is 3.43. The number of rotatable bonds is 6. The second kappa shape index (κ2) is 10.3. The molecular formula is C29H31N5O3S. The molecule has 2 N–H and O–H groups in total. The number of piperidine rings is 1. The number of anilines is 2. The van der Waals surface area contributed by atoms with E-state index in [0.717, 1.165) is 65.8 Å². The number of urea groups is 1. The van der Waals surface area contributed by atoms with E-state index in [4.69, 9.17) is 4.74 Å². The Morgan fingerprint density at radius 2 is 1.89 bits per heavy atom. The summed E-state index contributed by atoms with van der Waals surface area (Å²) in [6.07, 6.45) is 3.46. The van der Waals surface area contributed by atoms with Crippen molar-refractivity contribution in [1.29, 1.82) is 0 Å². The number of amides is 3. The number of nitrogens with one attached hydrogen (secondary N) is 2. The molecule has 38 heavy (non-hydrogen) atoms. The van der Waals surface area contributed by atoms with E-state index >= 15 is 0 Å². The van der Waals surface area contributed by atoms with Gasteiger partial charge >= 0.3 is 6.03 Å². The number of ether oxygens (including phenoxy) is 1. The van der Waals surface area contributed by atoms with Crippen LogP contribution in [0.25, 0.3) is 0 Å². The third-order valence-electron chi connectivity index (χ3n) is 7.58. The summed E-state index contributed by atoms with van der Waals surface area (Å²) in [5, 5.41) is 6.92. The molecule has 3 aliphatic heterocycles. The van der Waals surface area contributed by atoms with E-state index in [1.54, 1.807) is 11.1 Å². The number of likely N-dealkylation sites (tertiary alicyclic amines) is 1. The van der Waals surface area contributed by atoms with Gasteiger partial charge in [0.15, 0.2) is 0 Å². The number of hydrogen-bond acceptors (Lipinski definition) is 6. The number of carbonyl (C=O) groups is 2. The van der Waals surface area contributed by atoms with Gasteiger partial charge < -0.3 is 20.3 Å². The maximum Gasteiger partial charge on any atom is 0.327 e. The standard InChI is InChI=1S/C29H31N5O3S/c1-3-33-15-12-19(13-16-33)26(35)32-28-25-24-23(11-14-30-27(24)38-28)34(29(36)31-25)22-10-9-21(17-18(22)2)37-20-7-5-4-6-8-20/h4-11,14,17,19,25,28H,3,12-13,15-16H2,1-2H3,(H,31,36)(H,32,35). The Hall–Kier alpha value is -3.56. The second-order valence-electron chi connectivity index (χ2n) is 9.93. The Kier molecular flexibility index (Phi) is 6.71. The summed E-state index contributed by atoms with van der Waals surface area (Å²) in [7, 11) is 0. The van der Waals surface area contributed by atoms with E-state index in [9.17, 15) is 9.59 Å². The fraction of sp³-hybridized carbons (Fsp3) is 0.345. The lowest BCUT2D eigenvalue weighted by Gasteiger charge is -2.36. The number of benzene rings is 2. The third kappa shape index (κ3) is 4.61. The van der Waals surface area contributed by atoms with Crippen molar-refractivity contribution in [3.63, 3.8) is 0 Å². The number of pyridine rings is 1. The molecule has 3 aliphatic rings. The van der Waals surface area contributed by atoms with Crippen LogP contribution in [0, 0.1) is 12.8 Å². The number of carbonyl (C=O) groups excluding carboxylic acids is 2. The predicted molar refractivity (Wildman–Crippen MR) is 148 cm³/mol. The van der Waals surface area contributed by atoms with Gasteiger partial charge in [0, 0.05) is 17.7 Å².